The summed E-state index contributed by atoms with van der Waals surface area (Å²) in [6.07, 6.45) is 9.76. The van der Waals surface area contributed by atoms with E-state index in [0.29, 0.717) is 19.7 Å². The lowest BCUT2D eigenvalue weighted by Gasteiger charge is -2.03. The molecule has 0 aromatic carbocycles. The summed E-state index contributed by atoms with van der Waals surface area (Å²) in [5, 5.41) is 2.77. The van der Waals surface area contributed by atoms with Gasteiger partial charge in [0.2, 0.25) is 5.91 Å². The van der Waals surface area contributed by atoms with E-state index in [1.165, 1.54) is 12.4 Å². The summed E-state index contributed by atoms with van der Waals surface area (Å²) in [5.41, 5.74) is 2.17. The Morgan fingerprint density at radius 1 is 1.38 bits per heavy atom. The minimum absolute atomic E-state index is 0.192. The average Bonchev–Trinajstić information content (AvgIpc) is 3.02. The number of aromatic nitrogens is 3. The van der Waals surface area contributed by atoms with Gasteiger partial charge in [-0.05, 0) is 37.1 Å². The van der Waals surface area contributed by atoms with Gasteiger partial charge >= 0.3 is 5.97 Å². The predicted octanol–water partition coefficient (Wildman–Crippen LogP) is 1.59. The zero-order valence-corrected chi connectivity index (χ0v) is 13.7. The first-order valence-electron chi connectivity index (χ1n) is 7.65. The fourth-order valence-electron chi connectivity index (χ4n) is 2.00. The lowest BCUT2D eigenvalue weighted by Crippen LogP contribution is -2.25. The van der Waals surface area contributed by atoms with Crippen LogP contribution in [0.1, 0.15) is 28.5 Å². The molecule has 7 heteroatoms. The number of nitrogens with one attached hydrogen (secondary N) is 1. The molecule has 0 bridgehead atoms. The quantitative estimate of drug-likeness (QED) is 0.616. The number of hydrogen-bond acceptors (Lipinski definition) is 5. The molecule has 0 aliphatic heterocycles. The van der Waals surface area contributed by atoms with Crippen molar-refractivity contribution in [3.8, 4) is 0 Å². The molecular weight excluding hydrogens is 308 g/mol. The number of carbonyl (C=O) groups excluding carboxylic acids is 2. The summed E-state index contributed by atoms with van der Waals surface area (Å²) in [5.74, 6) is -0.641. The lowest BCUT2D eigenvalue weighted by molar-refractivity contribution is -0.116. The molecule has 24 heavy (non-hydrogen) atoms. The van der Waals surface area contributed by atoms with Gasteiger partial charge in [0, 0.05) is 37.8 Å². The number of hydrogen-bond donors (Lipinski definition) is 1. The van der Waals surface area contributed by atoms with Gasteiger partial charge in [-0.25, -0.2) is 9.78 Å². The number of aryl methyl sites for hydroxylation is 1. The average molecular weight is 328 g/mol. The van der Waals surface area contributed by atoms with Crippen molar-refractivity contribution in [2.45, 2.75) is 20.4 Å². The summed E-state index contributed by atoms with van der Waals surface area (Å²) in [6, 6.07) is 1.94. The fraction of sp³-hybridized carbons (Fsp3) is 0.294. The van der Waals surface area contributed by atoms with Crippen LogP contribution >= 0.6 is 0 Å². The van der Waals surface area contributed by atoms with Crippen LogP contribution in [0, 0.1) is 6.92 Å². The van der Waals surface area contributed by atoms with Gasteiger partial charge in [-0.15, -0.1) is 0 Å². The molecule has 7 nitrogen and oxygen atoms in total. The van der Waals surface area contributed by atoms with E-state index in [9.17, 15) is 9.59 Å². The summed E-state index contributed by atoms with van der Waals surface area (Å²) in [4.78, 5) is 31.3. The molecule has 0 saturated heterocycles. The Labute approximate surface area is 140 Å². The van der Waals surface area contributed by atoms with Gasteiger partial charge in [0.05, 0.1) is 12.9 Å². The van der Waals surface area contributed by atoms with Crippen LogP contribution in [0.15, 0.2) is 37.1 Å². The molecular formula is C17H20N4O3. The number of ether oxygens (including phenoxy) is 1. The van der Waals surface area contributed by atoms with Crippen molar-refractivity contribution in [2.24, 2.45) is 0 Å². The van der Waals surface area contributed by atoms with E-state index in [4.69, 9.17) is 4.74 Å². The topological polar surface area (TPSA) is 86.1 Å². The van der Waals surface area contributed by atoms with Crippen molar-refractivity contribution < 1.29 is 14.3 Å². The highest BCUT2D eigenvalue weighted by molar-refractivity contribution is 5.91. The van der Waals surface area contributed by atoms with Gasteiger partial charge in [0.15, 0.2) is 5.69 Å². The van der Waals surface area contributed by atoms with Crippen LogP contribution in [0.4, 0.5) is 0 Å². The Balaban J connectivity index is 1.77. The van der Waals surface area contributed by atoms with Crippen LogP contribution in [0.5, 0.6) is 0 Å². The van der Waals surface area contributed by atoms with Crippen molar-refractivity contribution in [3.63, 3.8) is 0 Å². The van der Waals surface area contributed by atoms with Gasteiger partial charge in [-0.2, -0.15) is 0 Å². The number of esters is 1. The highest BCUT2D eigenvalue weighted by atomic mass is 16.5. The van der Waals surface area contributed by atoms with Gasteiger partial charge in [0.1, 0.15) is 0 Å². The predicted molar refractivity (Wildman–Crippen MR) is 89.2 cm³/mol. The van der Waals surface area contributed by atoms with E-state index >= 15 is 0 Å². The third kappa shape index (κ3) is 5.35. The summed E-state index contributed by atoms with van der Waals surface area (Å²) in [7, 11) is 0. The molecule has 0 spiro atoms. The standard InChI is InChI=1S/C17H20N4O3/c1-3-24-17(23)15-11-21(12-20-15)7-6-19-16(22)5-4-14-8-13(2)9-18-10-14/h4-5,8-12H,3,6-7H2,1-2H3,(H,19,22). The third-order valence-electron chi connectivity index (χ3n) is 3.11. The SMILES string of the molecule is CCOC(=O)c1cn(CCNC(=O)C=Cc2cncc(C)c2)cn1. The number of rotatable bonds is 7. The first-order chi connectivity index (χ1) is 11.6. The molecule has 2 aromatic heterocycles. The number of pyridine rings is 1. The van der Waals surface area contributed by atoms with Crippen molar-refractivity contribution in [3.05, 3.63) is 53.9 Å². The maximum Gasteiger partial charge on any atom is 0.358 e. The molecule has 0 aliphatic rings. The normalized spacial score (nSPS) is 10.8. The highest BCUT2D eigenvalue weighted by Crippen LogP contribution is 2.03. The molecule has 2 rings (SSSR count). The maximum atomic E-state index is 11.8. The Morgan fingerprint density at radius 2 is 2.21 bits per heavy atom. The molecule has 0 atom stereocenters. The Kier molecular flexibility index (Phi) is 6.24. The van der Waals surface area contributed by atoms with Crippen LogP contribution in [0.25, 0.3) is 6.08 Å². The minimum atomic E-state index is -0.449. The largest absolute Gasteiger partial charge is 0.461 e. The zero-order chi connectivity index (χ0) is 17.4. The van der Waals surface area contributed by atoms with E-state index in [1.807, 2.05) is 13.0 Å². The minimum Gasteiger partial charge on any atom is -0.461 e. The molecule has 0 fully saturated rings. The molecule has 1 amide bonds. The number of carbonyl (C=O) groups is 2. The van der Waals surface area contributed by atoms with Gasteiger partial charge in [0.25, 0.3) is 0 Å². The first-order valence-corrected chi connectivity index (χ1v) is 7.65. The Hall–Kier alpha value is -2.96. The zero-order valence-electron chi connectivity index (χ0n) is 13.7. The molecule has 0 aliphatic carbocycles. The van der Waals surface area contributed by atoms with Crippen LogP contribution in [-0.4, -0.2) is 39.6 Å². The highest BCUT2D eigenvalue weighted by Gasteiger charge is 2.09. The van der Waals surface area contributed by atoms with Crippen LogP contribution < -0.4 is 5.32 Å². The van der Waals surface area contributed by atoms with Crippen LogP contribution in [0.3, 0.4) is 0 Å². The number of amides is 1. The van der Waals surface area contributed by atoms with E-state index in [1.54, 1.807) is 36.2 Å². The molecule has 0 unspecified atom stereocenters. The summed E-state index contributed by atoms with van der Waals surface area (Å²) < 4.78 is 6.59. The van der Waals surface area contributed by atoms with E-state index in [-0.39, 0.29) is 11.6 Å². The number of imidazole rings is 1. The molecule has 126 valence electrons. The second-order valence-corrected chi connectivity index (χ2v) is 5.14. The molecule has 2 aromatic rings. The number of nitrogens with zero attached hydrogens (tertiary/aromatic N) is 3. The summed E-state index contributed by atoms with van der Waals surface area (Å²) >= 11 is 0. The van der Waals surface area contributed by atoms with E-state index in [0.717, 1.165) is 11.1 Å². The second-order valence-electron chi connectivity index (χ2n) is 5.14. The summed E-state index contributed by atoms with van der Waals surface area (Å²) in [6.45, 7) is 4.93. The maximum absolute atomic E-state index is 11.8. The Bertz CT molecular complexity index is 737. The smallest absolute Gasteiger partial charge is 0.358 e. The van der Waals surface area contributed by atoms with Crippen molar-refractivity contribution in [1.29, 1.82) is 0 Å². The van der Waals surface area contributed by atoms with E-state index < -0.39 is 5.97 Å². The van der Waals surface area contributed by atoms with Crippen LogP contribution in [0.2, 0.25) is 0 Å². The van der Waals surface area contributed by atoms with Crippen molar-refractivity contribution in [2.75, 3.05) is 13.2 Å². The molecule has 2 heterocycles. The van der Waals surface area contributed by atoms with E-state index in [2.05, 4.69) is 15.3 Å². The fourth-order valence-corrected chi connectivity index (χ4v) is 2.00. The van der Waals surface area contributed by atoms with Crippen LogP contribution in [-0.2, 0) is 16.1 Å². The monoisotopic (exact) mass is 328 g/mol. The first kappa shape index (κ1) is 17.4. The molecule has 1 N–H and O–H groups in total. The molecule has 0 radical (unpaired) electrons. The lowest BCUT2D eigenvalue weighted by atomic mass is 10.2. The third-order valence-corrected chi connectivity index (χ3v) is 3.11. The Morgan fingerprint density at radius 3 is 2.96 bits per heavy atom. The van der Waals surface area contributed by atoms with Crippen molar-refractivity contribution in [1.82, 2.24) is 19.9 Å². The second kappa shape index (κ2) is 8.61. The van der Waals surface area contributed by atoms with Gasteiger partial charge in [-0.1, -0.05) is 0 Å². The van der Waals surface area contributed by atoms with Crippen molar-refractivity contribution >= 4 is 18.0 Å². The van der Waals surface area contributed by atoms with Gasteiger partial charge in [-0.3, -0.25) is 9.78 Å². The molecule has 0 saturated carbocycles. The van der Waals surface area contributed by atoms with Gasteiger partial charge < -0.3 is 14.6 Å².